The summed E-state index contributed by atoms with van der Waals surface area (Å²) in [5.41, 5.74) is 3.62. The molecule has 1 aliphatic rings. The summed E-state index contributed by atoms with van der Waals surface area (Å²) in [5.74, 6) is -0.105. The summed E-state index contributed by atoms with van der Waals surface area (Å²) in [6.45, 7) is 6.79. The van der Waals surface area contributed by atoms with E-state index >= 15 is 0 Å². The molecule has 4 heteroatoms. The molecule has 0 N–H and O–H groups in total. The van der Waals surface area contributed by atoms with Crippen LogP contribution in [0.25, 0.3) is 0 Å². The number of hydrogen-bond acceptors (Lipinski definition) is 2. The Kier molecular flexibility index (Phi) is 4.38. The Morgan fingerprint density at radius 1 is 1.04 bits per heavy atom. The first-order valence-electron chi connectivity index (χ1n) is 8.23. The van der Waals surface area contributed by atoms with Crippen LogP contribution in [0.3, 0.4) is 0 Å². The molecule has 2 amide bonds. The lowest BCUT2D eigenvalue weighted by molar-refractivity contribution is -0.124. The van der Waals surface area contributed by atoms with Crippen LogP contribution >= 0.6 is 0 Å². The minimum atomic E-state index is -0.466. The Morgan fingerprint density at radius 2 is 1.79 bits per heavy atom. The highest BCUT2D eigenvalue weighted by atomic mass is 16.2. The second kappa shape index (κ2) is 6.48. The molecule has 0 aromatic heterocycles. The highest BCUT2D eigenvalue weighted by molar-refractivity contribution is 6.03. The number of aryl methyl sites for hydroxylation is 2. The predicted octanol–water partition coefficient (Wildman–Crippen LogP) is 3.18. The minimum absolute atomic E-state index is 0.0335. The molecule has 0 bridgehead atoms. The molecule has 1 saturated heterocycles. The number of piperazine rings is 1. The fourth-order valence-electron chi connectivity index (χ4n) is 3.17. The van der Waals surface area contributed by atoms with Crippen molar-refractivity contribution in [1.82, 2.24) is 4.90 Å². The van der Waals surface area contributed by atoms with Crippen LogP contribution in [0, 0.1) is 13.8 Å². The van der Waals surface area contributed by atoms with Gasteiger partial charge in [-0.2, -0.15) is 0 Å². The number of amides is 2. The first kappa shape index (κ1) is 16.2. The molecule has 1 fully saturated rings. The summed E-state index contributed by atoms with van der Waals surface area (Å²) in [6, 6.07) is 14.9. The average molecular weight is 322 g/mol. The van der Waals surface area contributed by atoms with E-state index < -0.39 is 6.04 Å². The number of rotatable bonds is 2. The molecule has 24 heavy (non-hydrogen) atoms. The highest BCUT2D eigenvalue weighted by Gasteiger charge is 2.35. The van der Waals surface area contributed by atoms with Crippen LogP contribution in [0.1, 0.15) is 28.4 Å². The lowest BCUT2D eigenvalue weighted by Gasteiger charge is -2.39. The van der Waals surface area contributed by atoms with Crippen molar-refractivity contribution < 1.29 is 9.59 Å². The van der Waals surface area contributed by atoms with Gasteiger partial charge in [0.15, 0.2) is 0 Å². The minimum Gasteiger partial charge on any atom is -0.325 e. The summed E-state index contributed by atoms with van der Waals surface area (Å²) in [5, 5.41) is 0. The van der Waals surface area contributed by atoms with E-state index in [2.05, 4.69) is 0 Å². The quantitative estimate of drug-likeness (QED) is 0.852. The number of benzene rings is 2. The summed E-state index contributed by atoms with van der Waals surface area (Å²) in [7, 11) is 0. The number of carbonyl (C=O) groups excluding carboxylic acids is 2. The van der Waals surface area contributed by atoms with E-state index in [-0.39, 0.29) is 11.8 Å². The van der Waals surface area contributed by atoms with E-state index in [9.17, 15) is 9.59 Å². The molecule has 0 aliphatic carbocycles. The van der Waals surface area contributed by atoms with E-state index in [0.717, 1.165) is 16.8 Å². The van der Waals surface area contributed by atoms with Crippen LogP contribution in [0.5, 0.6) is 0 Å². The molecule has 1 atom stereocenters. The Morgan fingerprint density at radius 3 is 2.50 bits per heavy atom. The number of anilines is 1. The van der Waals surface area contributed by atoms with Crippen molar-refractivity contribution in [2.45, 2.75) is 26.8 Å². The Bertz CT molecular complexity index is 785. The van der Waals surface area contributed by atoms with Crippen molar-refractivity contribution >= 4 is 17.5 Å². The van der Waals surface area contributed by atoms with Crippen LogP contribution in [-0.4, -0.2) is 35.8 Å². The van der Waals surface area contributed by atoms with Crippen molar-refractivity contribution in [3.8, 4) is 0 Å². The standard InChI is InChI=1S/C20H22N2O2/c1-14-7-6-9-17(13-14)22-12-11-21(16(3)19(22)23)20(24)18-10-5-4-8-15(18)2/h4-10,13,16H,11-12H2,1-3H3. The van der Waals surface area contributed by atoms with Crippen LogP contribution in [-0.2, 0) is 4.79 Å². The van der Waals surface area contributed by atoms with Gasteiger partial charge in [-0.15, -0.1) is 0 Å². The van der Waals surface area contributed by atoms with Crippen molar-refractivity contribution in [2.75, 3.05) is 18.0 Å². The van der Waals surface area contributed by atoms with Crippen molar-refractivity contribution in [1.29, 1.82) is 0 Å². The van der Waals surface area contributed by atoms with E-state index in [1.165, 1.54) is 0 Å². The Balaban J connectivity index is 1.83. The van der Waals surface area contributed by atoms with Gasteiger partial charge in [-0.25, -0.2) is 0 Å². The Labute approximate surface area is 142 Å². The van der Waals surface area contributed by atoms with Gasteiger partial charge in [-0.1, -0.05) is 30.3 Å². The SMILES string of the molecule is Cc1cccc(N2CCN(C(=O)c3ccccc3C)C(C)C2=O)c1. The third-order valence-corrected chi connectivity index (χ3v) is 4.61. The highest BCUT2D eigenvalue weighted by Crippen LogP contribution is 2.23. The molecular formula is C20H22N2O2. The van der Waals surface area contributed by atoms with Gasteiger partial charge in [0.1, 0.15) is 6.04 Å². The van der Waals surface area contributed by atoms with Gasteiger partial charge in [-0.05, 0) is 50.1 Å². The zero-order valence-electron chi connectivity index (χ0n) is 14.3. The van der Waals surface area contributed by atoms with Crippen LogP contribution in [0.4, 0.5) is 5.69 Å². The van der Waals surface area contributed by atoms with Gasteiger partial charge in [0.25, 0.3) is 5.91 Å². The second-order valence-corrected chi connectivity index (χ2v) is 6.32. The number of carbonyl (C=O) groups is 2. The van der Waals surface area contributed by atoms with E-state index in [1.807, 2.05) is 62.4 Å². The van der Waals surface area contributed by atoms with E-state index in [0.29, 0.717) is 18.7 Å². The van der Waals surface area contributed by atoms with Crippen molar-refractivity contribution in [3.05, 3.63) is 65.2 Å². The van der Waals surface area contributed by atoms with Gasteiger partial charge < -0.3 is 9.80 Å². The maximum absolute atomic E-state index is 12.8. The first-order valence-corrected chi connectivity index (χ1v) is 8.23. The first-order chi connectivity index (χ1) is 11.5. The maximum atomic E-state index is 12.8. The third kappa shape index (κ3) is 2.92. The van der Waals surface area contributed by atoms with Crippen LogP contribution < -0.4 is 4.90 Å². The largest absolute Gasteiger partial charge is 0.325 e. The molecule has 1 heterocycles. The zero-order chi connectivity index (χ0) is 17.3. The molecule has 124 valence electrons. The van der Waals surface area contributed by atoms with Gasteiger partial charge in [0, 0.05) is 24.3 Å². The molecule has 0 saturated carbocycles. The third-order valence-electron chi connectivity index (χ3n) is 4.61. The maximum Gasteiger partial charge on any atom is 0.254 e. The summed E-state index contributed by atoms with van der Waals surface area (Å²) >= 11 is 0. The Hall–Kier alpha value is -2.62. The molecule has 0 spiro atoms. The number of hydrogen-bond donors (Lipinski definition) is 0. The molecule has 0 radical (unpaired) electrons. The fraction of sp³-hybridized carbons (Fsp3) is 0.300. The summed E-state index contributed by atoms with van der Waals surface area (Å²) in [6.07, 6.45) is 0. The molecule has 1 unspecified atom stereocenters. The van der Waals surface area contributed by atoms with Gasteiger partial charge in [0.2, 0.25) is 5.91 Å². The fourth-order valence-corrected chi connectivity index (χ4v) is 3.17. The molecule has 4 nitrogen and oxygen atoms in total. The van der Waals surface area contributed by atoms with Crippen molar-refractivity contribution in [2.24, 2.45) is 0 Å². The smallest absolute Gasteiger partial charge is 0.254 e. The average Bonchev–Trinajstić information content (AvgIpc) is 2.57. The monoisotopic (exact) mass is 322 g/mol. The lowest BCUT2D eigenvalue weighted by atomic mass is 10.0. The number of nitrogens with zero attached hydrogens (tertiary/aromatic N) is 2. The predicted molar refractivity (Wildman–Crippen MR) is 95.2 cm³/mol. The zero-order valence-corrected chi connectivity index (χ0v) is 14.3. The molecule has 2 aromatic rings. The van der Waals surface area contributed by atoms with E-state index in [4.69, 9.17) is 0 Å². The van der Waals surface area contributed by atoms with Gasteiger partial charge >= 0.3 is 0 Å². The van der Waals surface area contributed by atoms with Crippen LogP contribution in [0.2, 0.25) is 0 Å². The van der Waals surface area contributed by atoms with E-state index in [1.54, 1.807) is 16.7 Å². The topological polar surface area (TPSA) is 40.6 Å². The summed E-state index contributed by atoms with van der Waals surface area (Å²) < 4.78 is 0. The molecular weight excluding hydrogens is 300 g/mol. The molecule has 3 rings (SSSR count). The van der Waals surface area contributed by atoms with Crippen molar-refractivity contribution in [3.63, 3.8) is 0 Å². The van der Waals surface area contributed by atoms with Crippen LogP contribution in [0.15, 0.2) is 48.5 Å². The molecule has 1 aliphatic heterocycles. The summed E-state index contributed by atoms with van der Waals surface area (Å²) in [4.78, 5) is 29.1. The molecule has 2 aromatic carbocycles. The normalized spacial score (nSPS) is 18.0. The van der Waals surface area contributed by atoms with Gasteiger partial charge in [-0.3, -0.25) is 9.59 Å². The van der Waals surface area contributed by atoms with Gasteiger partial charge in [0.05, 0.1) is 0 Å². The second-order valence-electron chi connectivity index (χ2n) is 6.32. The lowest BCUT2D eigenvalue weighted by Crippen LogP contribution is -2.57.